The van der Waals surface area contributed by atoms with Crippen molar-refractivity contribution in [3.05, 3.63) is 0 Å². The molecule has 5 fully saturated rings. The molecule has 4 saturated carbocycles. The summed E-state index contributed by atoms with van der Waals surface area (Å²) in [5.74, 6) is 2.72. The highest BCUT2D eigenvalue weighted by Gasteiger charge is 2.86. The maximum Gasteiger partial charge on any atom is 0.104 e. The number of fused-ring (bicyclic) bond motifs is 7. The van der Waals surface area contributed by atoms with Gasteiger partial charge in [-0.2, -0.15) is 0 Å². The number of hydrogen-bond donors (Lipinski definition) is 0. The highest BCUT2D eigenvalue weighted by molar-refractivity contribution is 5.36. The van der Waals surface area contributed by atoms with E-state index in [1.54, 1.807) is 0 Å². The Morgan fingerprint density at radius 1 is 0.367 bits per heavy atom. The second-order valence-electron chi connectivity index (χ2n) is 9.73. The topological polar surface area (TPSA) is 55.4 Å². The Kier molecular flexibility index (Phi) is 6.99. The van der Waals surface area contributed by atoms with Crippen molar-refractivity contribution in [2.75, 3.05) is 66.1 Å². The first-order valence-electron chi connectivity index (χ1n) is 12.5. The van der Waals surface area contributed by atoms with Gasteiger partial charge in [0.25, 0.3) is 0 Å². The van der Waals surface area contributed by atoms with Crippen LogP contribution in [0.5, 0.6) is 0 Å². The maximum atomic E-state index is 6.85. The molecule has 4 aliphatic carbocycles. The van der Waals surface area contributed by atoms with Crippen LogP contribution in [-0.4, -0.2) is 77.3 Å². The maximum absolute atomic E-state index is 6.85. The van der Waals surface area contributed by atoms with Crippen molar-refractivity contribution in [2.24, 2.45) is 23.7 Å². The third kappa shape index (κ3) is 3.86. The number of ether oxygens (including phenoxy) is 6. The van der Waals surface area contributed by atoms with Gasteiger partial charge in [-0.05, 0) is 49.4 Å². The quantitative estimate of drug-likeness (QED) is 0.595. The molecule has 2 spiro atoms. The summed E-state index contributed by atoms with van der Waals surface area (Å²) in [5, 5.41) is 0. The molecule has 30 heavy (non-hydrogen) atoms. The third-order valence-corrected chi connectivity index (χ3v) is 8.38. The molecule has 1 heterocycles. The molecule has 4 atom stereocenters. The zero-order valence-corrected chi connectivity index (χ0v) is 18.5. The summed E-state index contributed by atoms with van der Waals surface area (Å²) in [6.45, 7) is 6.22. The minimum absolute atomic E-state index is 0.0718. The van der Waals surface area contributed by atoms with E-state index in [0.717, 1.165) is 0 Å². The van der Waals surface area contributed by atoms with Crippen molar-refractivity contribution in [3.63, 3.8) is 0 Å². The Hall–Kier alpha value is -0.240. The van der Waals surface area contributed by atoms with E-state index in [9.17, 15) is 0 Å². The molecule has 0 aromatic heterocycles. The second-order valence-corrected chi connectivity index (χ2v) is 9.73. The lowest BCUT2D eigenvalue weighted by Crippen LogP contribution is -2.44. The molecule has 1 aliphatic heterocycles. The van der Waals surface area contributed by atoms with E-state index in [2.05, 4.69) is 0 Å². The van der Waals surface area contributed by atoms with Gasteiger partial charge in [0.2, 0.25) is 0 Å². The Morgan fingerprint density at radius 2 is 0.633 bits per heavy atom. The highest BCUT2D eigenvalue weighted by Crippen LogP contribution is 2.78. The minimum atomic E-state index is -0.0718. The van der Waals surface area contributed by atoms with Gasteiger partial charge >= 0.3 is 0 Å². The van der Waals surface area contributed by atoms with Crippen LogP contribution in [0.1, 0.15) is 51.4 Å². The number of hydrogen-bond acceptors (Lipinski definition) is 6. The fourth-order valence-corrected chi connectivity index (χ4v) is 7.25. The van der Waals surface area contributed by atoms with E-state index in [0.29, 0.717) is 89.7 Å². The Bertz CT molecular complexity index is 482. The zero-order chi connectivity index (χ0) is 20.3. The molecule has 4 unspecified atom stereocenters. The number of rotatable bonds is 0. The standard InChI is InChI=1S/C24H40O6/c1-2-6-20-19(5-1)23(20)24(21-7-3-4-8-22(21)24)30-18-16-28-14-12-26-10-9-25-11-13-27-15-17-29-23/h19-22H,1-18H2. The predicted octanol–water partition coefficient (Wildman–Crippen LogP) is 3.22. The lowest BCUT2D eigenvalue weighted by atomic mass is 10.00. The van der Waals surface area contributed by atoms with Crippen LogP contribution >= 0.6 is 0 Å². The molecule has 1 saturated heterocycles. The van der Waals surface area contributed by atoms with Gasteiger partial charge in [-0.15, -0.1) is 0 Å². The highest BCUT2D eigenvalue weighted by atomic mass is 16.6. The van der Waals surface area contributed by atoms with Crippen LogP contribution in [0.3, 0.4) is 0 Å². The van der Waals surface area contributed by atoms with Crippen LogP contribution in [0.4, 0.5) is 0 Å². The molecule has 172 valence electrons. The molecular weight excluding hydrogens is 384 g/mol. The monoisotopic (exact) mass is 424 g/mol. The van der Waals surface area contributed by atoms with Crippen molar-refractivity contribution >= 4 is 0 Å². The summed E-state index contributed by atoms with van der Waals surface area (Å²) in [4.78, 5) is 0. The van der Waals surface area contributed by atoms with E-state index in [1.807, 2.05) is 0 Å². The van der Waals surface area contributed by atoms with Crippen molar-refractivity contribution in [1.29, 1.82) is 0 Å². The smallest absolute Gasteiger partial charge is 0.104 e. The SMILES string of the molecule is C1CCC2C(C1)C21OCCOCCOCCOCCOCCOC12C1CCCCC12. The molecule has 6 heteroatoms. The van der Waals surface area contributed by atoms with Crippen molar-refractivity contribution < 1.29 is 28.4 Å². The van der Waals surface area contributed by atoms with Gasteiger partial charge < -0.3 is 28.4 Å². The van der Waals surface area contributed by atoms with Gasteiger partial charge in [0.15, 0.2) is 0 Å². The van der Waals surface area contributed by atoms with Gasteiger partial charge in [0, 0.05) is 0 Å². The van der Waals surface area contributed by atoms with Crippen LogP contribution in [-0.2, 0) is 28.4 Å². The second kappa shape index (κ2) is 9.72. The van der Waals surface area contributed by atoms with Crippen molar-refractivity contribution in [3.8, 4) is 0 Å². The Labute approximate surface area is 181 Å². The fraction of sp³-hybridized carbons (Fsp3) is 1.00. The molecule has 5 rings (SSSR count). The third-order valence-electron chi connectivity index (χ3n) is 8.38. The molecule has 0 bridgehead atoms. The van der Waals surface area contributed by atoms with E-state index < -0.39 is 0 Å². The lowest BCUT2D eigenvalue weighted by Gasteiger charge is -2.32. The molecule has 0 aromatic rings. The predicted molar refractivity (Wildman–Crippen MR) is 112 cm³/mol. The first kappa shape index (κ1) is 21.6. The molecule has 0 radical (unpaired) electrons. The lowest BCUT2D eigenvalue weighted by molar-refractivity contribution is -0.150. The molecule has 5 aliphatic rings. The van der Waals surface area contributed by atoms with Gasteiger partial charge in [0.1, 0.15) is 11.2 Å². The summed E-state index contributed by atoms with van der Waals surface area (Å²) < 4.78 is 36.5. The van der Waals surface area contributed by atoms with Crippen LogP contribution in [0.15, 0.2) is 0 Å². The van der Waals surface area contributed by atoms with Gasteiger partial charge in [0.05, 0.1) is 66.1 Å². The largest absolute Gasteiger partial charge is 0.377 e. The van der Waals surface area contributed by atoms with Gasteiger partial charge in [-0.3, -0.25) is 0 Å². The average molecular weight is 425 g/mol. The Morgan fingerprint density at radius 3 is 0.933 bits per heavy atom. The van der Waals surface area contributed by atoms with Gasteiger partial charge in [-0.1, -0.05) is 25.7 Å². The summed E-state index contributed by atoms with van der Waals surface area (Å²) in [6.07, 6.45) is 10.6. The minimum Gasteiger partial charge on any atom is -0.377 e. The zero-order valence-electron chi connectivity index (χ0n) is 18.5. The van der Waals surface area contributed by atoms with Crippen LogP contribution < -0.4 is 0 Å². The molecule has 0 aromatic carbocycles. The average Bonchev–Trinajstić information content (AvgIpc) is 3.65. The van der Waals surface area contributed by atoms with Gasteiger partial charge in [-0.25, -0.2) is 0 Å². The van der Waals surface area contributed by atoms with E-state index in [4.69, 9.17) is 28.4 Å². The summed E-state index contributed by atoms with van der Waals surface area (Å²) in [6, 6.07) is 0. The first-order chi connectivity index (χ1) is 14.9. The van der Waals surface area contributed by atoms with Crippen LogP contribution in [0.2, 0.25) is 0 Å². The first-order valence-corrected chi connectivity index (χ1v) is 12.5. The fourth-order valence-electron chi connectivity index (χ4n) is 7.25. The van der Waals surface area contributed by atoms with E-state index in [1.165, 1.54) is 51.4 Å². The Balaban J connectivity index is 1.30. The normalized spacial score (nSPS) is 46.4. The van der Waals surface area contributed by atoms with Crippen LogP contribution in [0.25, 0.3) is 0 Å². The summed E-state index contributed by atoms with van der Waals surface area (Å²) >= 11 is 0. The van der Waals surface area contributed by atoms with E-state index >= 15 is 0 Å². The summed E-state index contributed by atoms with van der Waals surface area (Å²) in [7, 11) is 0. The molecular formula is C24H40O6. The van der Waals surface area contributed by atoms with Crippen LogP contribution in [0, 0.1) is 23.7 Å². The summed E-state index contributed by atoms with van der Waals surface area (Å²) in [5.41, 5.74) is -0.144. The molecule has 0 N–H and O–H groups in total. The molecule has 0 amide bonds. The van der Waals surface area contributed by atoms with Crippen molar-refractivity contribution in [1.82, 2.24) is 0 Å². The van der Waals surface area contributed by atoms with Crippen molar-refractivity contribution in [2.45, 2.75) is 62.6 Å². The molecule has 6 nitrogen and oxygen atoms in total. The van der Waals surface area contributed by atoms with E-state index in [-0.39, 0.29) is 11.2 Å².